The molecule has 1 aliphatic heterocycles. The number of nitrogens with zero attached hydrogens (tertiary/aromatic N) is 1. The first-order valence-corrected chi connectivity index (χ1v) is 7.68. The SMILES string of the molecule is CC1CCCN(S(=O)(=O)c2ccc(O)cc2)C1C. The molecule has 0 aliphatic carbocycles. The summed E-state index contributed by atoms with van der Waals surface area (Å²) in [6.07, 6.45) is 1.98. The Morgan fingerprint density at radius 3 is 2.44 bits per heavy atom. The van der Waals surface area contributed by atoms with E-state index in [9.17, 15) is 13.5 Å². The first-order chi connectivity index (χ1) is 8.43. The standard InChI is InChI=1S/C13H19NO3S/c1-10-4-3-9-14(11(10)2)18(16,17)13-7-5-12(15)6-8-13/h5-8,10-11,15H,3-4,9H2,1-2H3. The van der Waals surface area contributed by atoms with Gasteiger partial charge < -0.3 is 5.11 Å². The van der Waals surface area contributed by atoms with Gasteiger partial charge in [0.15, 0.2) is 0 Å². The van der Waals surface area contributed by atoms with Crippen LogP contribution in [0, 0.1) is 5.92 Å². The first kappa shape index (κ1) is 13.4. The summed E-state index contributed by atoms with van der Waals surface area (Å²) in [4.78, 5) is 0.251. The average molecular weight is 269 g/mol. The van der Waals surface area contributed by atoms with Crippen molar-refractivity contribution in [3.05, 3.63) is 24.3 Å². The van der Waals surface area contributed by atoms with Gasteiger partial charge in [0, 0.05) is 12.6 Å². The number of hydrogen-bond acceptors (Lipinski definition) is 3. The Hall–Kier alpha value is -1.07. The lowest BCUT2D eigenvalue weighted by Crippen LogP contribution is -2.45. The van der Waals surface area contributed by atoms with Gasteiger partial charge in [0.05, 0.1) is 4.90 Å². The molecule has 1 heterocycles. The van der Waals surface area contributed by atoms with Gasteiger partial charge >= 0.3 is 0 Å². The van der Waals surface area contributed by atoms with Crippen LogP contribution in [0.4, 0.5) is 0 Å². The molecule has 1 N–H and O–H groups in total. The smallest absolute Gasteiger partial charge is 0.243 e. The van der Waals surface area contributed by atoms with Gasteiger partial charge in [0.25, 0.3) is 0 Å². The number of piperidine rings is 1. The van der Waals surface area contributed by atoms with Crippen LogP contribution < -0.4 is 0 Å². The summed E-state index contributed by atoms with van der Waals surface area (Å²) in [7, 11) is -3.44. The summed E-state index contributed by atoms with van der Waals surface area (Å²) < 4.78 is 26.6. The monoisotopic (exact) mass is 269 g/mol. The molecule has 5 heteroatoms. The predicted molar refractivity (Wildman–Crippen MR) is 69.9 cm³/mol. The second-order valence-corrected chi connectivity index (χ2v) is 6.86. The quantitative estimate of drug-likeness (QED) is 0.895. The van der Waals surface area contributed by atoms with Crippen molar-refractivity contribution in [3.8, 4) is 5.75 Å². The fourth-order valence-corrected chi connectivity index (χ4v) is 4.16. The Balaban J connectivity index is 2.33. The summed E-state index contributed by atoms with van der Waals surface area (Å²) in [5.74, 6) is 0.458. The van der Waals surface area contributed by atoms with Crippen molar-refractivity contribution in [2.45, 2.75) is 37.6 Å². The van der Waals surface area contributed by atoms with Crippen LogP contribution in [0.15, 0.2) is 29.2 Å². The van der Waals surface area contributed by atoms with E-state index in [2.05, 4.69) is 6.92 Å². The molecule has 0 saturated carbocycles. The van der Waals surface area contributed by atoms with Gasteiger partial charge in [-0.3, -0.25) is 0 Å². The summed E-state index contributed by atoms with van der Waals surface area (Å²) in [5, 5.41) is 9.22. The van der Waals surface area contributed by atoms with Crippen LogP contribution in [0.25, 0.3) is 0 Å². The van der Waals surface area contributed by atoms with E-state index in [1.165, 1.54) is 24.3 Å². The molecule has 0 radical (unpaired) electrons. The first-order valence-electron chi connectivity index (χ1n) is 6.24. The van der Waals surface area contributed by atoms with Crippen LogP contribution in [-0.2, 0) is 10.0 Å². The number of benzene rings is 1. The number of aromatic hydroxyl groups is 1. The van der Waals surface area contributed by atoms with Crippen molar-refractivity contribution < 1.29 is 13.5 Å². The van der Waals surface area contributed by atoms with E-state index < -0.39 is 10.0 Å². The molecule has 2 rings (SSSR count). The minimum absolute atomic E-state index is 0.0255. The van der Waals surface area contributed by atoms with Gasteiger partial charge in [-0.1, -0.05) is 6.92 Å². The maximum absolute atomic E-state index is 12.5. The molecular weight excluding hydrogens is 250 g/mol. The Labute approximate surface area is 108 Å². The summed E-state index contributed by atoms with van der Waals surface area (Å²) >= 11 is 0. The van der Waals surface area contributed by atoms with Crippen molar-refractivity contribution >= 4 is 10.0 Å². The van der Waals surface area contributed by atoms with E-state index in [1.54, 1.807) is 4.31 Å². The molecule has 1 aromatic carbocycles. The van der Waals surface area contributed by atoms with Crippen LogP contribution in [0.2, 0.25) is 0 Å². The molecule has 1 fully saturated rings. The predicted octanol–water partition coefficient (Wildman–Crippen LogP) is 2.20. The van der Waals surface area contributed by atoms with Crippen molar-refractivity contribution in [2.24, 2.45) is 5.92 Å². The van der Waals surface area contributed by atoms with Crippen molar-refractivity contribution in [1.29, 1.82) is 0 Å². The van der Waals surface area contributed by atoms with E-state index in [-0.39, 0.29) is 16.7 Å². The lowest BCUT2D eigenvalue weighted by Gasteiger charge is -2.36. The highest BCUT2D eigenvalue weighted by atomic mass is 32.2. The van der Waals surface area contributed by atoms with E-state index in [0.717, 1.165) is 12.8 Å². The molecule has 0 spiro atoms. The van der Waals surface area contributed by atoms with Gasteiger partial charge in [-0.15, -0.1) is 0 Å². The summed E-state index contributed by atoms with van der Waals surface area (Å²) in [5.41, 5.74) is 0. The summed E-state index contributed by atoms with van der Waals surface area (Å²) in [6.45, 7) is 4.62. The van der Waals surface area contributed by atoms with Gasteiger partial charge in [0.1, 0.15) is 5.75 Å². The Morgan fingerprint density at radius 2 is 1.83 bits per heavy atom. The molecule has 1 aliphatic rings. The van der Waals surface area contributed by atoms with Crippen LogP contribution >= 0.6 is 0 Å². The van der Waals surface area contributed by atoms with Gasteiger partial charge in [-0.25, -0.2) is 8.42 Å². The van der Waals surface area contributed by atoms with E-state index in [0.29, 0.717) is 12.5 Å². The lowest BCUT2D eigenvalue weighted by atomic mass is 9.94. The van der Waals surface area contributed by atoms with E-state index >= 15 is 0 Å². The van der Waals surface area contributed by atoms with Gasteiger partial charge in [0.2, 0.25) is 10.0 Å². The minimum atomic E-state index is -3.44. The Morgan fingerprint density at radius 1 is 1.22 bits per heavy atom. The zero-order chi connectivity index (χ0) is 13.3. The van der Waals surface area contributed by atoms with Gasteiger partial charge in [-0.2, -0.15) is 4.31 Å². The molecule has 0 aromatic heterocycles. The van der Waals surface area contributed by atoms with Crippen molar-refractivity contribution in [1.82, 2.24) is 4.31 Å². The van der Waals surface area contributed by atoms with Crippen LogP contribution in [-0.4, -0.2) is 30.4 Å². The molecule has 4 nitrogen and oxygen atoms in total. The fraction of sp³-hybridized carbons (Fsp3) is 0.538. The number of sulfonamides is 1. The maximum Gasteiger partial charge on any atom is 0.243 e. The molecule has 2 atom stereocenters. The highest BCUT2D eigenvalue weighted by molar-refractivity contribution is 7.89. The van der Waals surface area contributed by atoms with Crippen LogP contribution in [0.1, 0.15) is 26.7 Å². The second-order valence-electron chi connectivity index (χ2n) is 4.97. The third-order valence-electron chi connectivity index (χ3n) is 3.76. The molecule has 1 saturated heterocycles. The minimum Gasteiger partial charge on any atom is -0.508 e. The molecular formula is C13H19NO3S. The van der Waals surface area contributed by atoms with E-state index in [4.69, 9.17) is 0 Å². The molecule has 18 heavy (non-hydrogen) atoms. The number of hydrogen-bond donors (Lipinski definition) is 1. The van der Waals surface area contributed by atoms with Crippen LogP contribution in [0.5, 0.6) is 5.75 Å². The average Bonchev–Trinajstić information content (AvgIpc) is 2.33. The lowest BCUT2D eigenvalue weighted by molar-refractivity contribution is 0.202. The Kier molecular flexibility index (Phi) is 3.64. The second kappa shape index (κ2) is 4.90. The fourth-order valence-electron chi connectivity index (χ4n) is 2.39. The zero-order valence-corrected chi connectivity index (χ0v) is 11.5. The third-order valence-corrected chi connectivity index (χ3v) is 5.76. The molecule has 1 aromatic rings. The molecule has 0 bridgehead atoms. The van der Waals surface area contributed by atoms with Crippen molar-refractivity contribution in [2.75, 3.05) is 6.54 Å². The largest absolute Gasteiger partial charge is 0.508 e. The van der Waals surface area contributed by atoms with Crippen molar-refractivity contribution in [3.63, 3.8) is 0 Å². The number of rotatable bonds is 2. The highest BCUT2D eigenvalue weighted by Gasteiger charge is 2.34. The van der Waals surface area contributed by atoms with E-state index in [1.807, 2.05) is 6.92 Å². The highest BCUT2D eigenvalue weighted by Crippen LogP contribution is 2.29. The molecule has 0 amide bonds. The molecule has 2 unspecified atom stereocenters. The van der Waals surface area contributed by atoms with Gasteiger partial charge in [-0.05, 0) is 49.9 Å². The number of phenols is 1. The Bertz CT molecular complexity index is 510. The van der Waals surface area contributed by atoms with Crippen LogP contribution in [0.3, 0.4) is 0 Å². The third kappa shape index (κ3) is 2.37. The topological polar surface area (TPSA) is 57.6 Å². The summed E-state index contributed by atoms with van der Waals surface area (Å²) in [6, 6.07) is 5.75. The zero-order valence-electron chi connectivity index (χ0n) is 10.7. The number of phenolic OH excluding ortho intramolecular Hbond substituents is 1. The maximum atomic E-state index is 12.5. The normalized spacial score (nSPS) is 26.1. The molecule has 100 valence electrons.